The van der Waals surface area contributed by atoms with E-state index in [-0.39, 0.29) is 5.92 Å². The van der Waals surface area contributed by atoms with Crippen LogP contribution in [0, 0.1) is 12.8 Å². The Hall–Kier alpha value is -1.62. The second-order valence-corrected chi connectivity index (χ2v) is 7.13. The number of carbonyl (C=O) groups is 1. The molecular formula is C16H21N3OS. The summed E-state index contributed by atoms with van der Waals surface area (Å²) in [7, 11) is 1.92. The van der Waals surface area contributed by atoms with Crippen molar-refractivity contribution in [2.75, 3.05) is 13.6 Å². The molecule has 0 spiro atoms. The number of hydrogen-bond donors (Lipinski definition) is 0. The van der Waals surface area contributed by atoms with Gasteiger partial charge < -0.3 is 9.47 Å². The van der Waals surface area contributed by atoms with Gasteiger partial charge in [-0.1, -0.05) is 0 Å². The summed E-state index contributed by atoms with van der Waals surface area (Å²) in [4.78, 5) is 21.0. The second-order valence-electron chi connectivity index (χ2n) is 5.81. The van der Waals surface area contributed by atoms with Gasteiger partial charge in [-0.2, -0.15) is 0 Å². The Labute approximate surface area is 129 Å². The van der Waals surface area contributed by atoms with Gasteiger partial charge in [0.15, 0.2) is 0 Å². The van der Waals surface area contributed by atoms with Crippen LogP contribution in [0.5, 0.6) is 0 Å². The largest absolute Gasteiger partial charge is 0.345 e. The van der Waals surface area contributed by atoms with Crippen molar-refractivity contribution in [2.24, 2.45) is 5.92 Å². The molecule has 0 bridgehead atoms. The third kappa shape index (κ3) is 3.35. The third-order valence-corrected chi connectivity index (χ3v) is 5.21. The summed E-state index contributed by atoms with van der Waals surface area (Å²) in [5.41, 5.74) is 0. The van der Waals surface area contributed by atoms with Crippen LogP contribution in [0.1, 0.15) is 28.5 Å². The van der Waals surface area contributed by atoms with Gasteiger partial charge in [0.25, 0.3) is 0 Å². The fraction of sp³-hybridized carbons (Fsp3) is 0.500. The van der Waals surface area contributed by atoms with Crippen molar-refractivity contribution in [3.8, 4) is 0 Å². The minimum atomic E-state index is 0.210. The van der Waals surface area contributed by atoms with Gasteiger partial charge in [0.1, 0.15) is 0 Å². The van der Waals surface area contributed by atoms with Crippen LogP contribution in [0.4, 0.5) is 0 Å². The van der Waals surface area contributed by atoms with E-state index < -0.39 is 0 Å². The van der Waals surface area contributed by atoms with Crippen molar-refractivity contribution in [1.82, 2.24) is 14.5 Å². The summed E-state index contributed by atoms with van der Waals surface area (Å²) in [5.74, 6) is 0.977. The van der Waals surface area contributed by atoms with E-state index in [0.717, 1.165) is 25.9 Å². The van der Waals surface area contributed by atoms with E-state index in [1.54, 1.807) is 6.20 Å². The molecule has 0 radical (unpaired) electrons. The zero-order chi connectivity index (χ0) is 14.8. The lowest BCUT2D eigenvalue weighted by molar-refractivity contribution is -0.131. The highest BCUT2D eigenvalue weighted by molar-refractivity contribution is 7.12. The molecule has 5 heteroatoms. The number of rotatable bonds is 6. The predicted octanol–water partition coefficient (Wildman–Crippen LogP) is 2.91. The van der Waals surface area contributed by atoms with Gasteiger partial charge in [0.2, 0.25) is 5.91 Å². The van der Waals surface area contributed by atoms with E-state index in [1.165, 1.54) is 9.75 Å². The highest BCUT2D eigenvalue weighted by Gasteiger charge is 2.45. The fourth-order valence-electron chi connectivity index (χ4n) is 2.74. The molecular weight excluding hydrogens is 282 g/mol. The van der Waals surface area contributed by atoms with Crippen LogP contribution in [-0.2, 0) is 11.3 Å². The topological polar surface area (TPSA) is 38.1 Å². The van der Waals surface area contributed by atoms with E-state index in [9.17, 15) is 4.79 Å². The first-order valence-electron chi connectivity index (χ1n) is 7.42. The molecule has 4 nitrogen and oxygen atoms in total. The quantitative estimate of drug-likeness (QED) is 0.823. The number of amides is 1. The van der Waals surface area contributed by atoms with E-state index >= 15 is 0 Å². The standard InChI is InChI=1S/C16H21N3OS/c1-12-4-5-15(21-12)13-10-14(13)16(20)18(2)7-3-8-19-9-6-17-11-19/h4-6,9,11,13-14H,3,7-8,10H2,1-2H3/t13-,14-/m1/s1. The van der Waals surface area contributed by atoms with Crippen molar-refractivity contribution >= 4 is 17.2 Å². The minimum Gasteiger partial charge on any atom is -0.345 e. The van der Waals surface area contributed by atoms with E-state index in [0.29, 0.717) is 11.8 Å². The molecule has 1 aliphatic carbocycles. The average Bonchev–Trinajstić information content (AvgIpc) is 2.87. The molecule has 2 heterocycles. The smallest absolute Gasteiger partial charge is 0.226 e. The van der Waals surface area contributed by atoms with Crippen LogP contribution >= 0.6 is 11.3 Å². The number of aryl methyl sites for hydroxylation is 2. The number of carbonyl (C=O) groups excluding carboxylic acids is 1. The monoisotopic (exact) mass is 303 g/mol. The molecule has 1 amide bonds. The van der Waals surface area contributed by atoms with Gasteiger partial charge in [0.05, 0.1) is 6.33 Å². The highest BCUT2D eigenvalue weighted by Crippen LogP contribution is 2.50. The first kappa shape index (κ1) is 14.3. The minimum absolute atomic E-state index is 0.210. The van der Waals surface area contributed by atoms with Crippen LogP contribution in [0.25, 0.3) is 0 Å². The van der Waals surface area contributed by atoms with Crippen molar-refractivity contribution in [3.05, 3.63) is 40.6 Å². The Morgan fingerprint density at radius 1 is 1.52 bits per heavy atom. The Morgan fingerprint density at radius 2 is 2.38 bits per heavy atom. The number of thiophene rings is 1. The third-order valence-electron chi connectivity index (χ3n) is 4.08. The molecule has 3 rings (SSSR count). The van der Waals surface area contributed by atoms with E-state index in [4.69, 9.17) is 0 Å². The van der Waals surface area contributed by atoms with E-state index in [2.05, 4.69) is 24.0 Å². The van der Waals surface area contributed by atoms with Gasteiger partial charge in [-0.05, 0) is 31.9 Å². The number of nitrogens with zero attached hydrogens (tertiary/aromatic N) is 3. The molecule has 21 heavy (non-hydrogen) atoms. The van der Waals surface area contributed by atoms with Gasteiger partial charge >= 0.3 is 0 Å². The van der Waals surface area contributed by atoms with Crippen molar-refractivity contribution < 1.29 is 4.79 Å². The second kappa shape index (κ2) is 6.02. The number of hydrogen-bond acceptors (Lipinski definition) is 3. The fourth-order valence-corrected chi connectivity index (χ4v) is 3.79. The summed E-state index contributed by atoms with van der Waals surface area (Å²) >= 11 is 1.83. The first-order chi connectivity index (χ1) is 10.1. The van der Waals surface area contributed by atoms with Crippen LogP contribution in [-0.4, -0.2) is 34.0 Å². The summed E-state index contributed by atoms with van der Waals surface area (Å²) in [5, 5.41) is 0. The van der Waals surface area contributed by atoms with E-state index in [1.807, 2.05) is 40.4 Å². The molecule has 2 aromatic rings. The maximum Gasteiger partial charge on any atom is 0.226 e. The van der Waals surface area contributed by atoms with Crippen molar-refractivity contribution in [1.29, 1.82) is 0 Å². The molecule has 0 aliphatic heterocycles. The summed E-state index contributed by atoms with van der Waals surface area (Å²) in [6.07, 6.45) is 7.54. The maximum atomic E-state index is 12.4. The Bertz CT molecular complexity index is 605. The lowest BCUT2D eigenvalue weighted by Gasteiger charge is -2.17. The Morgan fingerprint density at radius 3 is 3.05 bits per heavy atom. The molecule has 2 aromatic heterocycles. The molecule has 1 aliphatic rings. The van der Waals surface area contributed by atoms with Crippen molar-refractivity contribution in [2.45, 2.75) is 32.2 Å². The number of aromatic nitrogens is 2. The Balaban J connectivity index is 1.45. The van der Waals surface area contributed by atoms with Crippen LogP contribution in [0.3, 0.4) is 0 Å². The summed E-state index contributed by atoms with van der Waals surface area (Å²) in [6, 6.07) is 4.33. The maximum absolute atomic E-state index is 12.4. The molecule has 2 atom stereocenters. The predicted molar refractivity (Wildman–Crippen MR) is 84.4 cm³/mol. The van der Waals surface area contributed by atoms with Gasteiger partial charge in [-0.25, -0.2) is 4.98 Å². The molecule has 0 saturated heterocycles. The van der Waals surface area contributed by atoms with Gasteiger partial charge in [0, 0.05) is 54.1 Å². The zero-order valence-corrected chi connectivity index (χ0v) is 13.3. The van der Waals surface area contributed by atoms with Gasteiger partial charge in [-0.15, -0.1) is 11.3 Å². The van der Waals surface area contributed by atoms with Crippen LogP contribution < -0.4 is 0 Å². The normalized spacial score (nSPS) is 20.5. The molecule has 1 saturated carbocycles. The molecule has 1 fully saturated rings. The van der Waals surface area contributed by atoms with Crippen LogP contribution in [0.2, 0.25) is 0 Å². The van der Waals surface area contributed by atoms with Crippen LogP contribution in [0.15, 0.2) is 30.9 Å². The zero-order valence-electron chi connectivity index (χ0n) is 12.5. The molecule has 0 unspecified atom stereocenters. The molecule has 112 valence electrons. The molecule has 0 aromatic carbocycles. The highest BCUT2D eigenvalue weighted by atomic mass is 32.1. The molecule has 0 N–H and O–H groups in total. The number of imidazole rings is 1. The van der Waals surface area contributed by atoms with Crippen molar-refractivity contribution in [3.63, 3.8) is 0 Å². The summed E-state index contributed by atoms with van der Waals surface area (Å²) < 4.78 is 2.05. The lowest BCUT2D eigenvalue weighted by Crippen LogP contribution is -2.30. The lowest BCUT2D eigenvalue weighted by atomic mass is 10.2. The summed E-state index contributed by atoms with van der Waals surface area (Å²) in [6.45, 7) is 3.84. The average molecular weight is 303 g/mol. The SMILES string of the molecule is Cc1ccc([C@@H]2C[C@H]2C(=O)N(C)CCCn2ccnc2)s1. The first-order valence-corrected chi connectivity index (χ1v) is 8.24. The van der Waals surface area contributed by atoms with Gasteiger partial charge in [-0.3, -0.25) is 4.79 Å². The Kier molecular flexibility index (Phi) is 4.10.